The molecule has 0 aliphatic rings. The van der Waals surface area contributed by atoms with Crippen molar-refractivity contribution < 1.29 is 14.3 Å². The second kappa shape index (κ2) is 17.8. The molecule has 3 aromatic rings. The fourth-order valence-corrected chi connectivity index (χ4v) is 4.52. The van der Waals surface area contributed by atoms with Gasteiger partial charge in [-0.25, -0.2) is 14.8 Å². The third-order valence-corrected chi connectivity index (χ3v) is 6.94. The molecule has 0 spiro atoms. The molecule has 1 heterocycles. The van der Waals surface area contributed by atoms with E-state index in [2.05, 4.69) is 29.9 Å². The van der Waals surface area contributed by atoms with Crippen molar-refractivity contribution in [2.24, 2.45) is 0 Å². The summed E-state index contributed by atoms with van der Waals surface area (Å²) in [6.07, 6.45) is 19.4. The molecule has 212 valence electrons. The predicted molar refractivity (Wildman–Crippen MR) is 160 cm³/mol. The number of esters is 1. The second-order valence-electron chi connectivity index (χ2n) is 10.3. The van der Waals surface area contributed by atoms with Crippen molar-refractivity contribution in [3.63, 3.8) is 0 Å². The van der Waals surface area contributed by atoms with E-state index in [9.17, 15) is 10.1 Å². The number of benzene rings is 2. The Labute approximate surface area is 239 Å². The molecule has 0 aliphatic carbocycles. The molecule has 40 heavy (non-hydrogen) atoms. The average Bonchev–Trinajstić information content (AvgIpc) is 2.99. The van der Waals surface area contributed by atoms with Crippen molar-refractivity contribution in [2.75, 3.05) is 6.61 Å². The van der Waals surface area contributed by atoms with Gasteiger partial charge in [0.2, 0.25) is 0 Å². The topological polar surface area (TPSA) is 85.1 Å². The van der Waals surface area contributed by atoms with Crippen LogP contribution in [0.1, 0.15) is 112 Å². The van der Waals surface area contributed by atoms with E-state index in [0.29, 0.717) is 35.1 Å². The van der Waals surface area contributed by atoms with Gasteiger partial charge in [-0.15, -0.1) is 0 Å². The third kappa shape index (κ3) is 10.4. The van der Waals surface area contributed by atoms with Crippen molar-refractivity contribution in [3.05, 3.63) is 71.5 Å². The molecule has 3 rings (SSSR count). The maximum absolute atomic E-state index is 12.7. The van der Waals surface area contributed by atoms with Gasteiger partial charge in [-0.05, 0) is 67.3 Å². The van der Waals surface area contributed by atoms with Crippen molar-refractivity contribution >= 4 is 5.97 Å². The highest BCUT2D eigenvalue weighted by molar-refractivity contribution is 5.91. The van der Waals surface area contributed by atoms with Gasteiger partial charge in [0.05, 0.1) is 17.7 Å². The minimum atomic E-state index is -0.526. The number of carbonyl (C=O) groups excluding carboxylic acids is 1. The first-order valence-electron chi connectivity index (χ1n) is 14.9. The summed E-state index contributed by atoms with van der Waals surface area (Å²) in [6, 6.07) is 14.1. The highest BCUT2D eigenvalue weighted by atomic mass is 16.5. The number of unbranched alkanes of at least 4 members (excludes halogenated alkanes) is 10. The third-order valence-electron chi connectivity index (χ3n) is 6.94. The van der Waals surface area contributed by atoms with Crippen LogP contribution in [0.2, 0.25) is 0 Å². The van der Waals surface area contributed by atoms with E-state index in [-0.39, 0.29) is 0 Å². The SMILES string of the molecule is CCCCCCCCCOc1ccc(C(=O)Oc2ccc(-c3ncc(CCCCCCC)cn3)cc2)cc1C#N. The van der Waals surface area contributed by atoms with E-state index in [1.165, 1.54) is 63.9 Å². The lowest BCUT2D eigenvalue weighted by molar-refractivity contribution is 0.0734. The number of nitrogens with zero attached hydrogens (tertiary/aromatic N) is 3. The number of aryl methyl sites for hydroxylation is 1. The largest absolute Gasteiger partial charge is 0.492 e. The van der Waals surface area contributed by atoms with E-state index >= 15 is 0 Å². The van der Waals surface area contributed by atoms with E-state index in [1.807, 2.05) is 24.5 Å². The highest BCUT2D eigenvalue weighted by Gasteiger charge is 2.13. The summed E-state index contributed by atoms with van der Waals surface area (Å²) >= 11 is 0. The lowest BCUT2D eigenvalue weighted by atomic mass is 10.1. The Morgan fingerprint density at radius 3 is 2.08 bits per heavy atom. The molecule has 0 aliphatic heterocycles. The fourth-order valence-electron chi connectivity index (χ4n) is 4.52. The first kappa shape index (κ1) is 30.8. The predicted octanol–water partition coefficient (Wildman–Crippen LogP) is 8.88. The summed E-state index contributed by atoms with van der Waals surface area (Å²) in [5, 5.41) is 9.57. The first-order chi connectivity index (χ1) is 19.6. The Kier molecular flexibility index (Phi) is 13.7. The van der Waals surface area contributed by atoms with Crippen LogP contribution in [0.5, 0.6) is 11.5 Å². The molecule has 0 atom stereocenters. The highest BCUT2D eigenvalue weighted by Crippen LogP contribution is 2.23. The zero-order chi connectivity index (χ0) is 28.4. The molecule has 6 nitrogen and oxygen atoms in total. The normalized spacial score (nSPS) is 10.7. The Bertz CT molecular complexity index is 1200. The lowest BCUT2D eigenvalue weighted by Crippen LogP contribution is -2.09. The minimum absolute atomic E-state index is 0.303. The van der Waals surface area contributed by atoms with E-state index < -0.39 is 5.97 Å². The zero-order valence-electron chi connectivity index (χ0n) is 24.2. The standard InChI is InChI=1S/C34H43N3O3/c1-3-5-7-9-10-12-14-22-39-32-21-18-29(23-30(32)24-35)34(38)40-31-19-16-28(17-20-31)33-36-25-27(26-37-33)15-13-11-8-6-4-2/h16-21,23,25-26H,3-15,22H2,1-2H3. The summed E-state index contributed by atoms with van der Waals surface area (Å²) < 4.78 is 11.4. The monoisotopic (exact) mass is 541 g/mol. The summed E-state index contributed by atoms with van der Waals surface area (Å²) in [6.45, 7) is 5.00. The molecule has 1 aromatic heterocycles. The van der Waals surface area contributed by atoms with E-state index in [4.69, 9.17) is 9.47 Å². The van der Waals surface area contributed by atoms with Gasteiger partial charge in [-0.3, -0.25) is 0 Å². The molecular formula is C34H43N3O3. The summed E-state index contributed by atoms with van der Waals surface area (Å²) in [5.74, 6) is 1.02. The zero-order valence-corrected chi connectivity index (χ0v) is 24.2. The van der Waals surface area contributed by atoms with Crippen LogP contribution in [-0.2, 0) is 6.42 Å². The van der Waals surface area contributed by atoms with Crippen LogP contribution in [0, 0.1) is 11.3 Å². The van der Waals surface area contributed by atoms with Gasteiger partial charge in [0.25, 0.3) is 0 Å². The number of ether oxygens (including phenoxy) is 2. The van der Waals surface area contributed by atoms with E-state index in [1.54, 1.807) is 24.3 Å². The van der Waals surface area contributed by atoms with Gasteiger partial charge in [0.1, 0.15) is 17.6 Å². The maximum atomic E-state index is 12.7. The van der Waals surface area contributed by atoms with Crippen LogP contribution in [0.15, 0.2) is 54.9 Å². The molecule has 2 aromatic carbocycles. The Balaban J connectivity index is 1.48. The Morgan fingerprint density at radius 2 is 1.43 bits per heavy atom. The van der Waals surface area contributed by atoms with Crippen LogP contribution < -0.4 is 9.47 Å². The Morgan fingerprint density at radius 1 is 0.800 bits per heavy atom. The van der Waals surface area contributed by atoms with Crippen LogP contribution in [0.25, 0.3) is 11.4 Å². The molecule has 0 radical (unpaired) electrons. The number of carbonyl (C=O) groups is 1. The molecule has 6 heteroatoms. The van der Waals surface area contributed by atoms with Crippen LogP contribution in [0.4, 0.5) is 0 Å². The number of hydrogen-bond donors (Lipinski definition) is 0. The van der Waals surface area contributed by atoms with Crippen molar-refractivity contribution in [1.82, 2.24) is 9.97 Å². The van der Waals surface area contributed by atoms with Crippen molar-refractivity contribution in [3.8, 4) is 29.0 Å². The van der Waals surface area contributed by atoms with Gasteiger partial charge >= 0.3 is 5.97 Å². The van der Waals surface area contributed by atoms with Crippen LogP contribution in [-0.4, -0.2) is 22.5 Å². The van der Waals surface area contributed by atoms with Crippen molar-refractivity contribution in [1.29, 1.82) is 5.26 Å². The average molecular weight is 542 g/mol. The summed E-state index contributed by atoms with van der Waals surface area (Å²) in [7, 11) is 0. The van der Waals surface area contributed by atoms with Gasteiger partial charge in [0.15, 0.2) is 5.82 Å². The summed E-state index contributed by atoms with van der Waals surface area (Å²) in [5.41, 5.74) is 2.63. The van der Waals surface area contributed by atoms with Gasteiger partial charge in [-0.1, -0.05) is 78.1 Å². The maximum Gasteiger partial charge on any atom is 0.343 e. The molecule has 0 amide bonds. The first-order valence-corrected chi connectivity index (χ1v) is 14.9. The van der Waals surface area contributed by atoms with Gasteiger partial charge < -0.3 is 9.47 Å². The molecule has 0 bridgehead atoms. The molecular weight excluding hydrogens is 498 g/mol. The molecule has 0 saturated carbocycles. The number of hydrogen-bond acceptors (Lipinski definition) is 6. The van der Waals surface area contributed by atoms with Crippen molar-refractivity contribution in [2.45, 2.75) is 97.3 Å². The van der Waals surface area contributed by atoms with E-state index in [0.717, 1.165) is 36.8 Å². The Hall–Kier alpha value is -3.72. The van der Waals surface area contributed by atoms with Crippen LogP contribution in [0.3, 0.4) is 0 Å². The van der Waals surface area contributed by atoms with Crippen LogP contribution >= 0.6 is 0 Å². The quantitative estimate of drug-likeness (QED) is 0.0908. The van der Waals surface area contributed by atoms with Gasteiger partial charge in [-0.2, -0.15) is 5.26 Å². The molecule has 0 fully saturated rings. The fraction of sp³-hybridized carbons (Fsp3) is 0.471. The smallest absolute Gasteiger partial charge is 0.343 e. The lowest BCUT2D eigenvalue weighted by Gasteiger charge is -2.10. The molecule has 0 saturated heterocycles. The summed E-state index contributed by atoms with van der Waals surface area (Å²) in [4.78, 5) is 21.8. The second-order valence-corrected chi connectivity index (χ2v) is 10.3. The van der Waals surface area contributed by atoms with Gasteiger partial charge in [0, 0.05) is 18.0 Å². The number of aromatic nitrogens is 2. The molecule has 0 unspecified atom stereocenters. The minimum Gasteiger partial charge on any atom is -0.492 e. The number of nitriles is 1. The number of rotatable bonds is 18. The molecule has 0 N–H and O–H groups in total.